The zero-order chi connectivity index (χ0) is 24.5. The first-order valence-corrected chi connectivity index (χ1v) is 11.0. The van der Waals surface area contributed by atoms with Crippen LogP contribution in [0.4, 0.5) is 0 Å². The van der Waals surface area contributed by atoms with Gasteiger partial charge in [-0.3, -0.25) is 9.69 Å². The number of rotatable bonds is 5. The summed E-state index contributed by atoms with van der Waals surface area (Å²) in [6, 6.07) is 22.7. The van der Waals surface area contributed by atoms with Crippen molar-refractivity contribution in [1.82, 2.24) is 9.80 Å². The van der Waals surface area contributed by atoms with Crippen LogP contribution in [0.5, 0.6) is 5.75 Å². The standard InChI is InChI=1S/C24H26N2O2.C2H2O4/c1-19-5-4-6-20(15-19)17-25-11-13-26(14-12-25)24(27)18-28-23-10-9-21-7-2-3-8-22(21)16-23;3-1(4)2(5)6/h2-10,15-16H,11-14,17-18H2,1H3;(H,3,4)(H,5,6). The van der Waals surface area contributed by atoms with Gasteiger partial charge in [0.15, 0.2) is 6.61 Å². The Morgan fingerprint density at radius 2 is 1.50 bits per heavy atom. The SMILES string of the molecule is Cc1cccc(CN2CCN(C(=O)COc3ccc4ccccc4c3)CC2)c1.O=C(O)C(=O)O. The van der Waals surface area contributed by atoms with Crippen molar-refractivity contribution >= 4 is 28.6 Å². The number of carbonyl (C=O) groups excluding carboxylic acids is 1. The molecule has 0 spiro atoms. The van der Waals surface area contributed by atoms with Crippen LogP contribution in [0.3, 0.4) is 0 Å². The topological polar surface area (TPSA) is 107 Å². The van der Waals surface area contributed by atoms with Gasteiger partial charge in [0.2, 0.25) is 0 Å². The van der Waals surface area contributed by atoms with Gasteiger partial charge in [0.05, 0.1) is 0 Å². The maximum absolute atomic E-state index is 12.5. The maximum Gasteiger partial charge on any atom is 0.414 e. The van der Waals surface area contributed by atoms with Crippen molar-refractivity contribution in [3.63, 3.8) is 0 Å². The molecule has 1 aliphatic heterocycles. The second-order valence-corrected chi connectivity index (χ2v) is 8.05. The molecular formula is C26H28N2O6. The number of fused-ring (bicyclic) bond motifs is 1. The first-order valence-electron chi connectivity index (χ1n) is 11.0. The highest BCUT2D eigenvalue weighted by Crippen LogP contribution is 2.20. The molecule has 0 bridgehead atoms. The fraction of sp³-hybridized carbons (Fsp3) is 0.269. The third-order valence-corrected chi connectivity index (χ3v) is 5.48. The fourth-order valence-electron chi connectivity index (χ4n) is 3.72. The van der Waals surface area contributed by atoms with E-state index in [0.717, 1.165) is 43.9 Å². The summed E-state index contributed by atoms with van der Waals surface area (Å²) in [5, 5.41) is 17.1. The minimum absolute atomic E-state index is 0.0587. The van der Waals surface area contributed by atoms with E-state index in [9.17, 15) is 4.79 Å². The Hall–Kier alpha value is -3.91. The van der Waals surface area contributed by atoms with E-state index in [4.69, 9.17) is 24.5 Å². The molecule has 8 heteroatoms. The predicted molar refractivity (Wildman–Crippen MR) is 128 cm³/mol. The van der Waals surface area contributed by atoms with E-state index in [1.165, 1.54) is 16.5 Å². The number of benzene rings is 3. The van der Waals surface area contributed by atoms with E-state index < -0.39 is 11.9 Å². The van der Waals surface area contributed by atoms with Gasteiger partial charge in [-0.15, -0.1) is 0 Å². The van der Waals surface area contributed by atoms with E-state index in [1.54, 1.807) is 0 Å². The summed E-state index contributed by atoms with van der Waals surface area (Å²) in [7, 11) is 0. The number of ether oxygens (including phenoxy) is 1. The summed E-state index contributed by atoms with van der Waals surface area (Å²) in [4.78, 5) is 35.0. The molecule has 1 aliphatic rings. The summed E-state index contributed by atoms with van der Waals surface area (Å²) in [5.74, 6) is -2.85. The second kappa shape index (κ2) is 11.8. The number of aliphatic carboxylic acids is 2. The van der Waals surface area contributed by atoms with Crippen LogP contribution in [-0.4, -0.2) is 70.6 Å². The van der Waals surface area contributed by atoms with Gasteiger partial charge in [-0.2, -0.15) is 0 Å². The number of aryl methyl sites for hydroxylation is 1. The number of nitrogens with zero attached hydrogens (tertiary/aromatic N) is 2. The highest BCUT2D eigenvalue weighted by molar-refractivity contribution is 6.27. The van der Waals surface area contributed by atoms with Crippen LogP contribution < -0.4 is 4.74 Å². The number of hydrogen-bond acceptors (Lipinski definition) is 5. The Morgan fingerprint density at radius 1 is 0.824 bits per heavy atom. The largest absolute Gasteiger partial charge is 0.484 e. The molecule has 1 heterocycles. The van der Waals surface area contributed by atoms with Crippen molar-refractivity contribution < 1.29 is 29.3 Å². The molecule has 0 aliphatic carbocycles. The van der Waals surface area contributed by atoms with Crippen molar-refractivity contribution in [3.05, 3.63) is 77.9 Å². The molecule has 2 N–H and O–H groups in total. The smallest absolute Gasteiger partial charge is 0.414 e. The van der Waals surface area contributed by atoms with E-state index >= 15 is 0 Å². The van der Waals surface area contributed by atoms with Crippen LogP contribution in [-0.2, 0) is 20.9 Å². The molecule has 0 aromatic heterocycles. The molecule has 178 valence electrons. The van der Waals surface area contributed by atoms with Crippen LogP contribution in [0.2, 0.25) is 0 Å². The molecule has 3 aromatic rings. The van der Waals surface area contributed by atoms with Crippen molar-refractivity contribution in [1.29, 1.82) is 0 Å². The molecular weight excluding hydrogens is 436 g/mol. The third-order valence-electron chi connectivity index (χ3n) is 5.48. The number of carboxylic acid groups (broad SMARTS) is 2. The number of amides is 1. The monoisotopic (exact) mass is 464 g/mol. The molecule has 0 unspecified atom stereocenters. The van der Waals surface area contributed by atoms with E-state index in [1.807, 2.05) is 35.2 Å². The lowest BCUT2D eigenvalue weighted by atomic mass is 10.1. The van der Waals surface area contributed by atoms with Gasteiger partial charge in [-0.05, 0) is 35.4 Å². The summed E-state index contributed by atoms with van der Waals surface area (Å²) < 4.78 is 5.76. The zero-order valence-corrected chi connectivity index (χ0v) is 19.0. The molecule has 1 amide bonds. The highest BCUT2D eigenvalue weighted by Gasteiger charge is 2.21. The maximum atomic E-state index is 12.5. The lowest BCUT2D eigenvalue weighted by molar-refractivity contribution is -0.159. The van der Waals surface area contributed by atoms with E-state index in [2.05, 4.69) is 48.2 Å². The average molecular weight is 465 g/mol. The summed E-state index contributed by atoms with van der Waals surface area (Å²) in [6.07, 6.45) is 0. The molecule has 8 nitrogen and oxygen atoms in total. The van der Waals surface area contributed by atoms with Crippen LogP contribution in [0, 0.1) is 6.92 Å². The van der Waals surface area contributed by atoms with Crippen molar-refractivity contribution in [2.45, 2.75) is 13.5 Å². The Labute approximate surface area is 198 Å². The van der Waals surface area contributed by atoms with Gasteiger partial charge in [-0.25, -0.2) is 9.59 Å². The minimum atomic E-state index is -1.82. The first-order chi connectivity index (χ1) is 16.3. The number of carboxylic acids is 2. The third kappa shape index (κ3) is 7.31. The zero-order valence-electron chi connectivity index (χ0n) is 19.0. The van der Waals surface area contributed by atoms with Gasteiger partial charge in [0.25, 0.3) is 5.91 Å². The van der Waals surface area contributed by atoms with Crippen molar-refractivity contribution in [2.24, 2.45) is 0 Å². The van der Waals surface area contributed by atoms with Crippen molar-refractivity contribution in [3.8, 4) is 5.75 Å². The quantitative estimate of drug-likeness (QED) is 0.559. The van der Waals surface area contributed by atoms with Crippen molar-refractivity contribution in [2.75, 3.05) is 32.8 Å². The summed E-state index contributed by atoms with van der Waals surface area (Å²) in [5.41, 5.74) is 2.62. The number of hydrogen-bond donors (Lipinski definition) is 2. The fourth-order valence-corrected chi connectivity index (χ4v) is 3.72. The molecule has 3 aromatic carbocycles. The first kappa shape index (κ1) is 24.7. The minimum Gasteiger partial charge on any atom is -0.484 e. The van der Waals surface area contributed by atoms with Gasteiger partial charge in [0.1, 0.15) is 5.75 Å². The molecule has 0 atom stereocenters. The normalized spacial score (nSPS) is 13.6. The second-order valence-electron chi connectivity index (χ2n) is 8.05. The van der Waals surface area contributed by atoms with Gasteiger partial charge in [-0.1, -0.05) is 60.2 Å². The Kier molecular flexibility index (Phi) is 8.59. The average Bonchev–Trinajstić information content (AvgIpc) is 2.83. The summed E-state index contributed by atoms with van der Waals surface area (Å²) >= 11 is 0. The molecule has 1 saturated heterocycles. The van der Waals surface area contributed by atoms with Crippen LogP contribution in [0.15, 0.2) is 66.7 Å². The Morgan fingerprint density at radius 3 is 2.15 bits per heavy atom. The predicted octanol–water partition coefficient (Wildman–Crippen LogP) is 3.03. The van der Waals surface area contributed by atoms with Crippen LogP contribution in [0.25, 0.3) is 10.8 Å². The van der Waals surface area contributed by atoms with Crippen LogP contribution in [0.1, 0.15) is 11.1 Å². The van der Waals surface area contributed by atoms with Gasteiger partial charge in [0, 0.05) is 32.7 Å². The molecule has 1 fully saturated rings. The molecule has 0 saturated carbocycles. The number of carbonyl (C=O) groups is 3. The van der Waals surface area contributed by atoms with Crippen LogP contribution >= 0.6 is 0 Å². The van der Waals surface area contributed by atoms with Gasteiger partial charge < -0.3 is 19.8 Å². The molecule has 0 radical (unpaired) electrons. The lowest BCUT2D eigenvalue weighted by Crippen LogP contribution is -2.49. The highest BCUT2D eigenvalue weighted by atomic mass is 16.5. The Balaban J connectivity index is 0.000000481. The molecule has 4 rings (SSSR count). The Bertz CT molecular complexity index is 1140. The van der Waals surface area contributed by atoms with Gasteiger partial charge >= 0.3 is 11.9 Å². The summed E-state index contributed by atoms with van der Waals surface area (Å²) in [6.45, 7) is 6.46. The van der Waals surface area contributed by atoms with E-state index in [-0.39, 0.29) is 12.5 Å². The molecule has 34 heavy (non-hydrogen) atoms. The lowest BCUT2D eigenvalue weighted by Gasteiger charge is -2.34. The number of piperazine rings is 1. The van der Waals surface area contributed by atoms with E-state index in [0.29, 0.717) is 0 Å².